The van der Waals surface area contributed by atoms with Gasteiger partial charge < -0.3 is 24.6 Å². The Balaban J connectivity index is 1.63. The van der Waals surface area contributed by atoms with Gasteiger partial charge in [-0.1, -0.05) is 44.9 Å². The third kappa shape index (κ3) is 5.71. The van der Waals surface area contributed by atoms with Gasteiger partial charge in [-0.15, -0.1) is 0 Å². The van der Waals surface area contributed by atoms with Crippen LogP contribution in [0.5, 0.6) is 23.0 Å². The van der Waals surface area contributed by atoms with E-state index < -0.39 is 6.04 Å². The maximum absolute atomic E-state index is 14.4. The molecule has 0 aromatic heterocycles. The molecule has 2 amide bonds. The predicted molar refractivity (Wildman–Crippen MR) is 153 cm³/mol. The number of methoxy groups -OCH3 is 1. The quantitative estimate of drug-likeness (QED) is 0.375. The van der Waals surface area contributed by atoms with Crippen LogP contribution in [0.15, 0.2) is 60.7 Å². The van der Waals surface area contributed by atoms with E-state index in [0.717, 1.165) is 31.2 Å². The first-order valence-corrected chi connectivity index (χ1v) is 13.9. The highest BCUT2D eigenvalue weighted by Gasteiger charge is 2.36. The summed E-state index contributed by atoms with van der Waals surface area (Å²) in [5.41, 5.74) is 2.57. The molecule has 1 saturated carbocycles. The number of benzene rings is 3. The molecule has 0 spiro atoms. The molecule has 8 heteroatoms. The monoisotopic (exact) mass is 544 g/mol. The first-order valence-electron chi connectivity index (χ1n) is 13.9. The van der Waals surface area contributed by atoms with Gasteiger partial charge in [0.05, 0.1) is 7.11 Å². The Labute approximate surface area is 234 Å². The van der Waals surface area contributed by atoms with Gasteiger partial charge in [0.15, 0.2) is 23.0 Å². The van der Waals surface area contributed by atoms with E-state index in [4.69, 9.17) is 14.2 Å². The third-order valence-corrected chi connectivity index (χ3v) is 7.57. The van der Waals surface area contributed by atoms with Crippen LogP contribution in [-0.4, -0.2) is 43.3 Å². The standard InChI is InChI=1S/C32H36N2O6/c1-20(2)21-8-12-25(13-9-21)34(32(37)23-11-15-27-29(19-23)40-17-16-39-27)30(31(36)33-24-6-4-5-7-24)22-10-14-26(35)28(18-22)38-3/h8-15,18-20,24,30,35H,4-7,16-17H2,1-3H3,(H,33,36)/t30-/m1/s1. The Morgan fingerprint density at radius 2 is 1.60 bits per heavy atom. The minimum atomic E-state index is -1.03. The molecule has 1 fully saturated rings. The molecule has 40 heavy (non-hydrogen) atoms. The maximum atomic E-state index is 14.4. The highest BCUT2D eigenvalue weighted by Crippen LogP contribution is 2.37. The number of ether oxygens (including phenoxy) is 3. The molecular formula is C32H36N2O6. The Hall–Kier alpha value is -4.20. The van der Waals surface area contributed by atoms with Crippen LogP contribution < -0.4 is 24.4 Å². The third-order valence-electron chi connectivity index (χ3n) is 7.57. The number of aromatic hydroxyl groups is 1. The second-order valence-electron chi connectivity index (χ2n) is 10.6. The molecule has 0 unspecified atom stereocenters. The van der Waals surface area contributed by atoms with Crippen molar-refractivity contribution in [2.75, 3.05) is 25.2 Å². The number of carbonyl (C=O) groups excluding carboxylic acids is 2. The second kappa shape index (κ2) is 11.9. The van der Waals surface area contributed by atoms with Crippen molar-refractivity contribution in [3.05, 3.63) is 77.4 Å². The summed E-state index contributed by atoms with van der Waals surface area (Å²) < 4.78 is 16.8. The van der Waals surface area contributed by atoms with Crippen LogP contribution in [0.25, 0.3) is 0 Å². The van der Waals surface area contributed by atoms with Gasteiger partial charge in [0.2, 0.25) is 5.91 Å². The molecule has 1 aliphatic carbocycles. The molecule has 0 saturated heterocycles. The van der Waals surface area contributed by atoms with E-state index in [1.165, 1.54) is 18.1 Å². The van der Waals surface area contributed by atoms with Gasteiger partial charge >= 0.3 is 0 Å². The SMILES string of the molecule is COc1cc([C@H](C(=O)NC2CCCC2)N(C(=O)c2ccc3c(c2)OCCO3)c2ccc(C(C)C)cc2)ccc1O. The number of anilines is 1. The van der Waals surface area contributed by atoms with Crippen molar-refractivity contribution in [2.45, 2.75) is 57.5 Å². The summed E-state index contributed by atoms with van der Waals surface area (Å²) in [6.07, 6.45) is 3.91. The number of phenols is 1. The number of amides is 2. The maximum Gasteiger partial charge on any atom is 0.259 e. The van der Waals surface area contributed by atoms with E-state index in [0.29, 0.717) is 47.4 Å². The zero-order chi connectivity index (χ0) is 28.2. The molecule has 2 aliphatic rings. The van der Waals surface area contributed by atoms with Gasteiger partial charge in [-0.05, 0) is 72.4 Å². The van der Waals surface area contributed by atoms with Crippen molar-refractivity contribution in [1.82, 2.24) is 5.32 Å². The predicted octanol–water partition coefficient (Wildman–Crippen LogP) is 5.74. The van der Waals surface area contributed by atoms with Crippen LogP contribution in [0.2, 0.25) is 0 Å². The first-order chi connectivity index (χ1) is 19.4. The van der Waals surface area contributed by atoms with Crippen LogP contribution in [0.1, 0.15) is 73.0 Å². The number of fused-ring (bicyclic) bond motifs is 1. The molecule has 8 nitrogen and oxygen atoms in total. The fourth-order valence-electron chi connectivity index (χ4n) is 5.35. The highest BCUT2D eigenvalue weighted by atomic mass is 16.6. The summed E-state index contributed by atoms with van der Waals surface area (Å²) in [4.78, 5) is 30.0. The van der Waals surface area contributed by atoms with E-state index in [1.807, 2.05) is 24.3 Å². The summed E-state index contributed by atoms with van der Waals surface area (Å²) in [5.74, 6) is 0.885. The largest absolute Gasteiger partial charge is 0.504 e. The average Bonchev–Trinajstić information content (AvgIpc) is 3.48. The van der Waals surface area contributed by atoms with Crippen molar-refractivity contribution in [3.63, 3.8) is 0 Å². The van der Waals surface area contributed by atoms with Crippen molar-refractivity contribution >= 4 is 17.5 Å². The van der Waals surface area contributed by atoms with Gasteiger partial charge in [-0.3, -0.25) is 14.5 Å². The van der Waals surface area contributed by atoms with Gasteiger partial charge in [0.25, 0.3) is 5.91 Å². The fraction of sp³-hybridized carbons (Fsp3) is 0.375. The molecule has 0 bridgehead atoms. The lowest BCUT2D eigenvalue weighted by Gasteiger charge is -2.33. The molecular weight excluding hydrogens is 508 g/mol. The molecule has 1 heterocycles. The van der Waals surface area contributed by atoms with Gasteiger partial charge in [-0.25, -0.2) is 0 Å². The highest BCUT2D eigenvalue weighted by molar-refractivity contribution is 6.10. The lowest BCUT2D eigenvalue weighted by molar-refractivity contribution is -0.123. The molecule has 5 rings (SSSR count). The summed E-state index contributed by atoms with van der Waals surface area (Å²) in [6.45, 7) is 5.05. The van der Waals surface area contributed by atoms with Crippen LogP contribution in [0.4, 0.5) is 5.69 Å². The fourth-order valence-corrected chi connectivity index (χ4v) is 5.35. The minimum Gasteiger partial charge on any atom is -0.504 e. The number of hydrogen-bond acceptors (Lipinski definition) is 6. The Morgan fingerprint density at radius 3 is 2.27 bits per heavy atom. The van der Waals surface area contributed by atoms with Crippen molar-refractivity contribution in [2.24, 2.45) is 0 Å². The van der Waals surface area contributed by atoms with Crippen LogP contribution in [0, 0.1) is 0 Å². The van der Waals surface area contributed by atoms with Crippen LogP contribution in [0.3, 0.4) is 0 Å². The Kier molecular flexibility index (Phi) is 8.14. The lowest BCUT2D eigenvalue weighted by atomic mass is 9.98. The van der Waals surface area contributed by atoms with E-state index in [2.05, 4.69) is 19.2 Å². The molecule has 3 aromatic rings. The zero-order valence-corrected chi connectivity index (χ0v) is 23.2. The van der Waals surface area contributed by atoms with E-state index in [-0.39, 0.29) is 29.4 Å². The smallest absolute Gasteiger partial charge is 0.259 e. The van der Waals surface area contributed by atoms with E-state index in [9.17, 15) is 14.7 Å². The van der Waals surface area contributed by atoms with Crippen LogP contribution in [-0.2, 0) is 4.79 Å². The second-order valence-corrected chi connectivity index (χ2v) is 10.6. The zero-order valence-electron chi connectivity index (χ0n) is 23.2. The average molecular weight is 545 g/mol. The molecule has 210 valence electrons. The van der Waals surface area contributed by atoms with E-state index >= 15 is 0 Å². The molecule has 2 N–H and O–H groups in total. The van der Waals surface area contributed by atoms with Gasteiger partial charge in [-0.2, -0.15) is 0 Å². The molecule has 0 radical (unpaired) electrons. The number of phenolic OH excluding ortho intramolecular Hbond substituents is 1. The van der Waals surface area contributed by atoms with Crippen molar-refractivity contribution in [3.8, 4) is 23.0 Å². The number of rotatable bonds is 8. The van der Waals surface area contributed by atoms with E-state index in [1.54, 1.807) is 30.3 Å². The molecule has 3 aromatic carbocycles. The summed E-state index contributed by atoms with van der Waals surface area (Å²) in [7, 11) is 1.45. The lowest BCUT2D eigenvalue weighted by Crippen LogP contribution is -2.46. The Morgan fingerprint density at radius 1 is 0.925 bits per heavy atom. The summed E-state index contributed by atoms with van der Waals surface area (Å²) in [6, 6.07) is 16.5. The topological polar surface area (TPSA) is 97.3 Å². The normalized spacial score (nSPS) is 15.5. The minimum absolute atomic E-state index is 0.0450. The van der Waals surface area contributed by atoms with Gasteiger partial charge in [0, 0.05) is 17.3 Å². The number of nitrogens with zero attached hydrogens (tertiary/aromatic N) is 1. The summed E-state index contributed by atoms with van der Waals surface area (Å²) >= 11 is 0. The molecule has 1 atom stereocenters. The Bertz CT molecular complexity index is 1360. The summed E-state index contributed by atoms with van der Waals surface area (Å²) in [5, 5.41) is 13.5. The first kappa shape index (κ1) is 27.4. The number of nitrogens with one attached hydrogen (secondary N) is 1. The van der Waals surface area contributed by atoms with Crippen molar-refractivity contribution in [1.29, 1.82) is 0 Å². The van der Waals surface area contributed by atoms with Crippen molar-refractivity contribution < 1.29 is 28.9 Å². The number of hydrogen-bond donors (Lipinski definition) is 2. The van der Waals surface area contributed by atoms with Crippen LogP contribution >= 0.6 is 0 Å². The number of carbonyl (C=O) groups is 2. The molecule has 1 aliphatic heterocycles. The van der Waals surface area contributed by atoms with Gasteiger partial charge in [0.1, 0.15) is 19.3 Å².